The summed E-state index contributed by atoms with van der Waals surface area (Å²) in [7, 11) is 0. The van der Waals surface area contributed by atoms with E-state index in [0.29, 0.717) is 13.0 Å². The van der Waals surface area contributed by atoms with Crippen LogP contribution in [0.25, 0.3) is 0 Å². The minimum Gasteiger partial charge on any atom is -0.390 e. The average molecular weight is 274 g/mol. The molecule has 1 heterocycles. The van der Waals surface area contributed by atoms with Crippen molar-refractivity contribution in [1.82, 2.24) is 4.57 Å². The van der Waals surface area contributed by atoms with Crippen molar-refractivity contribution in [2.45, 2.75) is 39.3 Å². The van der Waals surface area contributed by atoms with Crippen LogP contribution in [0.2, 0.25) is 0 Å². The fraction of sp³-hybridized carbons (Fsp3) is 0.545. The standard InChI is InChI=1S/C11H16BrNO2/c1-8-6-10(14)13(7-9(8)12)5-4-11(2,3)15/h6-7,15H,4-5H2,1-3H3. The van der Waals surface area contributed by atoms with Gasteiger partial charge in [-0.25, -0.2) is 0 Å². The SMILES string of the molecule is Cc1cc(=O)n(CCC(C)(C)O)cc1Br. The van der Waals surface area contributed by atoms with Crippen LogP contribution in [-0.4, -0.2) is 15.3 Å². The molecule has 15 heavy (non-hydrogen) atoms. The van der Waals surface area contributed by atoms with E-state index in [1.165, 1.54) is 0 Å². The molecule has 3 nitrogen and oxygen atoms in total. The summed E-state index contributed by atoms with van der Waals surface area (Å²) in [5.74, 6) is 0. The predicted octanol–water partition coefficient (Wildman–Crippen LogP) is 2.08. The van der Waals surface area contributed by atoms with Crippen LogP contribution >= 0.6 is 15.9 Å². The van der Waals surface area contributed by atoms with Crippen LogP contribution in [0.4, 0.5) is 0 Å². The normalized spacial score (nSPS) is 11.8. The molecular formula is C11H16BrNO2. The molecular weight excluding hydrogens is 258 g/mol. The van der Waals surface area contributed by atoms with Crippen LogP contribution in [0.15, 0.2) is 21.5 Å². The lowest BCUT2D eigenvalue weighted by atomic mass is 10.1. The number of aryl methyl sites for hydroxylation is 2. The Morgan fingerprint density at radius 3 is 2.67 bits per heavy atom. The zero-order valence-corrected chi connectivity index (χ0v) is 10.8. The first kappa shape index (κ1) is 12.5. The third kappa shape index (κ3) is 3.80. The van der Waals surface area contributed by atoms with Crippen LogP contribution in [0.1, 0.15) is 25.8 Å². The van der Waals surface area contributed by atoms with Gasteiger partial charge in [0, 0.05) is 23.3 Å². The van der Waals surface area contributed by atoms with Crippen LogP contribution in [-0.2, 0) is 6.54 Å². The highest BCUT2D eigenvalue weighted by Crippen LogP contribution is 2.14. The van der Waals surface area contributed by atoms with E-state index in [1.807, 2.05) is 6.92 Å². The van der Waals surface area contributed by atoms with E-state index in [1.54, 1.807) is 30.7 Å². The summed E-state index contributed by atoms with van der Waals surface area (Å²) in [6.07, 6.45) is 2.33. The summed E-state index contributed by atoms with van der Waals surface area (Å²) < 4.78 is 2.52. The Morgan fingerprint density at radius 2 is 2.13 bits per heavy atom. The van der Waals surface area contributed by atoms with E-state index in [9.17, 15) is 9.90 Å². The van der Waals surface area contributed by atoms with Crippen LogP contribution in [0.3, 0.4) is 0 Å². The van der Waals surface area contributed by atoms with Gasteiger partial charge in [-0.1, -0.05) is 0 Å². The minimum absolute atomic E-state index is 0.0278. The molecule has 4 heteroatoms. The Balaban J connectivity index is 2.87. The second-order valence-electron chi connectivity index (χ2n) is 4.40. The van der Waals surface area contributed by atoms with Crippen molar-refractivity contribution in [2.24, 2.45) is 0 Å². The lowest BCUT2D eigenvalue weighted by Gasteiger charge is -2.17. The number of aliphatic hydroxyl groups is 1. The van der Waals surface area contributed by atoms with Crippen molar-refractivity contribution >= 4 is 15.9 Å². The molecule has 1 rings (SSSR count). The van der Waals surface area contributed by atoms with E-state index in [-0.39, 0.29) is 5.56 Å². The van der Waals surface area contributed by atoms with Gasteiger partial charge in [-0.15, -0.1) is 0 Å². The molecule has 1 N–H and O–H groups in total. The van der Waals surface area contributed by atoms with Crippen molar-refractivity contribution in [3.8, 4) is 0 Å². The minimum atomic E-state index is -0.739. The van der Waals surface area contributed by atoms with Gasteiger partial charge in [0.05, 0.1) is 5.60 Å². The molecule has 0 fully saturated rings. The van der Waals surface area contributed by atoms with E-state index in [0.717, 1.165) is 10.0 Å². The zero-order valence-electron chi connectivity index (χ0n) is 9.25. The van der Waals surface area contributed by atoms with Gasteiger partial charge in [-0.05, 0) is 48.7 Å². The van der Waals surface area contributed by atoms with Crippen molar-refractivity contribution < 1.29 is 5.11 Å². The molecule has 0 bridgehead atoms. The maximum Gasteiger partial charge on any atom is 0.250 e. The van der Waals surface area contributed by atoms with Gasteiger partial charge >= 0.3 is 0 Å². The predicted molar refractivity (Wildman–Crippen MR) is 64.1 cm³/mol. The molecule has 1 aromatic heterocycles. The Hall–Kier alpha value is -0.610. The second kappa shape index (κ2) is 4.49. The molecule has 0 unspecified atom stereocenters. The fourth-order valence-corrected chi connectivity index (χ4v) is 1.57. The molecule has 0 atom stereocenters. The van der Waals surface area contributed by atoms with Gasteiger partial charge in [0.1, 0.15) is 0 Å². The first-order valence-corrected chi connectivity index (χ1v) is 5.68. The third-order valence-electron chi connectivity index (χ3n) is 2.23. The Labute approximate surface area is 97.9 Å². The monoisotopic (exact) mass is 273 g/mol. The van der Waals surface area contributed by atoms with Gasteiger partial charge in [0.2, 0.25) is 0 Å². The Kier molecular flexibility index (Phi) is 3.73. The molecule has 0 amide bonds. The maximum absolute atomic E-state index is 11.6. The van der Waals surface area contributed by atoms with Crippen LogP contribution < -0.4 is 5.56 Å². The number of pyridine rings is 1. The number of aromatic nitrogens is 1. The van der Waals surface area contributed by atoms with Crippen molar-refractivity contribution in [1.29, 1.82) is 0 Å². The summed E-state index contributed by atoms with van der Waals surface area (Å²) in [6.45, 7) is 5.88. The molecule has 0 aliphatic heterocycles. The highest BCUT2D eigenvalue weighted by molar-refractivity contribution is 9.10. The molecule has 0 aromatic carbocycles. The average Bonchev–Trinajstić information content (AvgIpc) is 2.07. The first-order chi connectivity index (χ1) is 6.79. The molecule has 0 saturated heterocycles. The number of hydrogen-bond acceptors (Lipinski definition) is 2. The number of hydrogen-bond donors (Lipinski definition) is 1. The zero-order chi connectivity index (χ0) is 11.6. The lowest BCUT2D eigenvalue weighted by Crippen LogP contribution is -2.26. The molecule has 0 aliphatic carbocycles. The van der Waals surface area contributed by atoms with Crippen molar-refractivity contribution in [3.63, 3.8) is 0 Å². The maximum atomic E-state index is 11.6. The highest BCUT2D eigenvalue weighted by Gasteiger charge is 2.12. The number of nitrogens with zero attached hydrogens (tertiary/aromatic N) is 1. The topological polar surface area (TPSA) is 42.2 Å². The molecule has 0 radical (unpaired) electrons. The van der Waals surface area contributed by atoms with Gasteiger partial charge in [-0.3, -0.25) is 4.79 Å². The molecule has 1 aromatic rings. The summed E-state index contributed by atoms with van der Waals surface area (Å²) in [5, 5.41) is 9.57. The highest BCUT2D eigenvalue weighted by atomic mass is 79.9. The number of halogens is 1. The largest absolute Gasteiger partial charge is 0.390 e. The second-order valence-corrected chi connectivity index (χ2v) is 5.25. The van der Waals surface area contributed by atoms with Crippen LogP contribution in [0, 0.1) is 6.92 Å². The lowest BCUT2D eigenvalue weighted by molar-refractivity contribution is 0.0659. The van der Waals surface area contributed by atoms with Crippen molar-refractivity contribution in [2.75, 3.05) is 0 Å². The van der Waals surface area contributed by atoms with E-state index in [4.69, 9.17) is 0 Å². The quantitative estimate of drug-likeness (QED) is 0.917. The Morgan fingerprint density at radius 1 is 1.53 bits per heavy atom. The summed E-state index contributed by atoms with van der Waals surface area (Å²) in [6, 6.07) is 1.59. The summed E-state index contributed by atoms with van der Waals surface area (Å²) in [4.78, 5) is 11.6. The van der Waals surface area contributed by atoms with E-state index in [2.05, 4.69) is 15.9 Å². The fourth-order valence-electron chi connectivity index (χ4n) is 1.21. The van der Waals surface area contributed by atoms with Gasteiger partial charge < -0.3 is 9.67 Å². The Bertz CT molecular complexity index is 404. The van der Waals surface area contributed by atoms with Gasteiger partial charge in [-0.2, -0.15) is 0 Å². The molecule has 0 spiro atoms. The molecule has 0 saturated carbocycles. The smallest absolute Gasteiger partial charge is 0.250 e. The molecule has 0 aliphatic rings. The first-order valence-electron chi connectivity index (χ1n) is 4.88. The molecule has 84 valence electrons. The van der Waals surface area contributed by atoms with E-state index >= 15 is 0 Å². The summed E-state index contributed by atoms with van der Waals surface area (Å²) >= 11 is 3.38. The number of rotatable bonds is 3. The van der Waals surface area contributed by atoms with Crippen molar-refractivity contribution in [3.05, 3.63) is 32.7 Å². The van der Waals surface area contributed by atoms with Gasteiger partial charge in [0.25, 0.3) is 5.56 Å². The summed E-state index contributed by atoms with van der Waals surface area (Å²) in [5.41, 5.74) is 0.163. The van der Waals surface area contributed by atoms with Gasteiger partial charge in [0.15, 0.2) is 0 Å². The van der Waals surface area contributed by atoms with E-state index < -0.39 is 5.60 Å². The third-order valence-corrected chi connectivity index (χ3v) is 3.06. The van der Waals surface area contributed by atoms with Crippen LogP contribution in [0.5, 0.6) is 0 Å².